The average molecular weight is 249 g/mol. The summed E-state index contributed by atoms with van der Waals surface area (Å²) < 4.78 is 5.25. The van der Waals surface area contributed by atoms with E-state index in [-0.39, 0.29) is 18.5 Å². The highest BCUT2D eigenvalue weighted by Crippen LogP contribution is 2.17. The first-order chi connectivity index (χ1) is 8.49. The molecule has 0 aliphatic carbocycles. The highest BCUT2D eigenvalue weighted by molar-refractivity contribution is 5.89. The third kappa shape index (κ3) is 3.58. The molecule has 1 aromatic rings. The average Bonchev–Trinajstić information content (AvgIpc) is 2.37. The molecule has 0 heterocycles. The number of benzene rings is 1. The minimum Gasteiger partial charge on any atom is -0.460 e. The van der Waals surface area contributed by atoms with Crippen molar-refractivity contribution in [1.29, 1.82) is 0 Å². The number of carbonyl (C=O) groups excluding carboxylic acids is 2. The maximum absolute atomic E-state index is 11.8. The molecule has 98 valence electrons. The largest absolute Gasteiger partial charge is 0.460 e. The molecule has 0 fully saturated rings. The van der Waals surface area contributed by atoms with Gasteiger partial charge in [-0.05, 0) is 25.0 Å². The van der Waals surface area contributed by atoms with E-state index in [1.54, 1.807) is 24.3 Å². The first-order valence-corrected chi connectivity index (χ1v) is 5.93. The van der Waals surface area contributed by atoms with Crippen molar-refractivity contribution in [1.82, 2.24) is 5.32 Å². The lowest BCUT2D eigenvalue weighted by atomic mass is 9.89. The predicted octanol–water partition coefficient (Wildman–Crippen LogP) is 2.00. The van der Waals surface area contributed by atoms with Crippen molar-refractivity contribution in [2.45, 2.75) is 26.3 Å². The Labute approximate surface area is 107 Å². The van der Waals surface area contributed by atoms with Gasteiger partial charge in [-0.15, -0.1) is 0 Å². The molecule has 1 rings (SSSR count). The number of nitrogens with one attached hydrogen (secondary N) is 1. The molecule has 0 aliphatic rings. The fourth-order valence-corrected chi connectivity index (χ4v) is 1.38. The minimum atomic E-state index is -0.549. The summed E-state index contributed by atoms with van der Waals surface area (Å²) in [5.74, 6) is -0.221. The van der Waals surface area contributed by atoms with E-state index in [0.29, 0.717) is 12.0 Å². The summed E-state index contributed by atoms with van der Waals surface area (Å²) in [7, 11) is 0. The Morgan fingerprint density at radius 3 is 2.50 bits per heavy atom. The zero-order chi connectivity index (χ0) is 13.6. The van der Waals surface area contributed by atoms with Gasteiger partial charge in [0.2, 0.25) is 6.41 Å². The monoisotopic (exact) mass is 249 g/mol. The van der Waals surface area contributed by atoms with Crippen LogP contribution in [0.3, 0.4) is 0 Å². The number of esters is 1. The molecular formula is C14H19NO3. The highest BCUT2D eigenvalue weighted by Gasteiger charge is 2.29. The predicted molar refractivity (Wildman–Crippen MR) is 69.2 cm³/mol. The Morgan fingerprint density at radius 1 is 1.39 bits per heavy atom. The van der Waals surface area contributed by atoms with Crippen LogP contribution in [0.4, 0.5) is 0 Å². The molecule has 4 heteroatoms. The van der Waals surface area contributed by atoms with E-state index in [9.17, 15) is 9.59 Å². The molecule has 1 aromatic carbocycles. The van der Waals surface area contributed by atoms with Gasteiger partial charge in [0, 0.05) is 0 Å². The van der Waals surface area contributed by atoms with Gasteiger partial charge in [0.05, 0.1) is 11.1 Å². The van der Waals surface area contributed by atoms with Crippen LogP contribution < -0.4 is 5.32 Å². The van der Waals surface area contributed by atoms with E-state index in [2.05, 4.69) is 5.32 Å². The molecular weight excluding hydrogens is 230 g/mol. The normalized spacial score (nSPS) is 13.8. The molecule has 0 saturated heterocycles. The summed E-state index contributed by atoms with van der Waals surface area (Å²) in [5, 5.41) is 2.71. The molecule has 1 amide bonds. The Bertz CT molecular complexity index is 403. The fraction of sp³-hybridized carbons (Fsp3) is 0.429. The van der Waals surface area contributed by atoms with Crippen molar-refractivity contribution in [2.24, 2.45) is 5.92 Å². The van der Waals surface area contributed by atoms with Gasteiger partial charge >= 0.3 is 5.97 Å². The number of amides is 1. The molecule has 1 N–H and O–H groups in total. The van der Waals surface area contributed by atoms with E-state index in [4.69, 9.17) is 4.74 Å². The van der Waals surface area contributed by atoms with Crippen molar-refractivity contribution in [2.75, 3.05) is 6.61 Å². The quantitative estimate of drug-likeness (QED) is 0.619. The third-order valence-corrected chi connectivity index (χ3v) is 3.18. The zero-order valence-electron chi connectivity index (χ0n) is 11.0. The first kappa shape index (κ1) is 14.2. The Balaban J connectivity index is 2.63. The maximum atomic E-state index is 11.8. The summed E-state index contributed by atoms with van der Waals surface area (Å²) >= 11 is 0. The number of hydrogen-bond acceptors (Lipinski definition) is 3. The van der Waals surface area contributed by atoms with Crippen LogP contribution in [0, 0.1) is 5.92 Å². The first-order valence-electron chi connectivity index (χ1n) is 5.93. The van der Waals surface area contributed by atoms with E-state index >= 15 is 0 Å². The number of hydrogen-bond donors (Lipinski definition) is 1. The molecule has 1 atom stereocenters. The van der Waals surface area contributed by atoms with Crippen molar-refractivity contribution in [3.8, 4) is 0 Å². The molecule has 4 nitrogen and oxygen atoms in total. The molecule has 0 radical (unpaired) electrons. The van der Waals surface area contributed by atoms with Crippen molar-refractivity contribution >= 4 is 12.4 Å². The van der Waals surface area contributed by atoms with Crippen LogP contribution in [0.15, 0.2) is 30.3 Å². The van der Waals surface area contributed by atoms with Gasteiger partial charge in [-0.1, -0.05) is 32.0 Å². The summed E-state index contributed by atoms with van der Waals surface area (Å²) in [6.07, 6.45) is 0.635. The second kappa shape index (κ2) is 6.19. The molecule has 0 aliphatic heterocycles. The van der Waals surface area contributed by atoms with Gasteiger partial charge in [-0.3, -0.25) is 4.79 Å². The SMILES string of the molecule is CC(C)C(C)(COC(=O)c1ccccc1)NC=O. The Morgan fingerprint density at radius 2 is 2.00 bits per heavy atom. The van der Waals surface area contributed by atoms with Crippen LogP contribution in [-0.4, -0.2) is 24.5 Å². The number of carbonyl (C=O) groups is 2. The number of rotatable bonds is 6. The lowest BCUT2D eigenvalue weighted by molar-refractivity contribution is -0.112. The Kier molecular flexibility index (Phi) is 4.89. The van der Waals surface area contributed by atoms with Gasteiger partial charge in [-0.25, -0.2) is 4.79 Å². The maximum Gasteiger partial charge on any atom is 0.338 e. The number of ether oxygens (including phenoxy) is 1. The third-order valence-electron chi connectivity index (χ3n) is 3.18. The smallest absolute Gasteiger partial charge is 0.338 e. The van der Waals surface area contributed by atoms with Gasteiger partial charge in [-0.2, -0.15) is 0 Å². The molecule has 0 spiro atoms. The van der Waals surface area contributed by atoms with E-state index in [1.165, 1.54) is 0 Å². The lowest BCUT2D eigenvalue weighted by Gasteiger charge is -2.32. The van der Waals surface area contributed by atoms with Crippen LogP contribution >= 0.6 is 0 Å². The van der Waals surface area contributed by atoms with Crippen LogP contribution in [0.5, 0.6) is 0 Å². The molecule has 1 unspecified atom stereocenters. The van der Waals surface area contributed by atoms with Crippen LogP contribution in [0.2, 0.25) is 0 Å². The summed E-state index contributed by atoms with van der Waals surface area (Å²) in [5.41, 5.74) is -0.0404. The topological polar surface area (TPSA) is 55.4 Å². The lowest BCUT2D eigenvalue weighted by Crippen LogP contribution is -2.50. The summed E-state index contributed by atoms with van der Waals surface area (Å²) in [6.45, 7) is 5.93. The van der Waals surface area contributed by atoms with Gasteiger partial charge in [0.25, 0.3) is 0 Å². The minimum absolute atomic E-state index is 0.150. The van der Waals surface area contributed by atoms with Crippen LogP contribution in [-0.2, 0) is 9.53 Å². The fourth-order valence-electron chi connectivity index (χ4n) is 1.38. The van der Waals surface area contributed by atoms with Gasteiger partial charge < -0.3 is 10.1 Å². The van der Waals surface area contributed by atoms with Crippen LogP contribution in [0.25, 0.3) is 0 Å². The van der Waals surface area contributed by atoms with E-state index in [1.807, 2.05) is 26.8 Å². The second-order valence-corrected chi connectivity index (χ2v) is 4.78. The van der Waals surface area contributed by atoms with Crippen molar-refractivity contribution in [3.05, 3.63) is 35.9 Å². The molecule has 0 aromatic heterocycles. The Hall–Kier alpha value is -1.84. The summed E-state index contributed by atoms with van der Waals surface area (Å²) in [6, 6.07) is 8.79. The molecule has 0 saturated carbocycles. The highest BCUT2D eigenvalue weighted by atomic mass is 16.5. The van der Waals surface area contributed by atoms with Gasteiger partial charge in [0.1, 0.15) is 6.61 Å². The van der Waals surface area contributed by atoms with E-state index in [0.717, 1.165) is 0 Å². The molecule has 18 heavy (non-hydrogen) atoms. The van der Waals surface area contributed by atoms with Crippen molar-refractivity contribution < 1.29 is 14.3 Å². The zero-order valence-corrected chi connectivity index (χ0v) is 11.0. The molecule has 0 bridgehead atoms. The summed E-state index contributed by atoms with van der Waals surface area (Å²) in [4.78, 5) is 22.4. The second-order valence-electron chi connectivity index (χ2n) is 4.78. The standard InChI is InChI=1S/C14H19NO3/c1-11(2)14(3,15-10-16)9-18-13(17)12-7-5-4-6-8-12/h4-8,10-11H,9H2,1-3H3,(H,15,16). The van der Waals surface area contributed by atoms with E-state index < -0.39 is 5.54 Å². The van der Waals surface area contributed by atoms with Crippen molar-refractivity contribution in [3.63, 3.8) is 0 Å². The van der Waals surface area contributed by atoms with Crippen LogP contribution in [0.1, 0.15) is 31.1 Å². The van der Waals surface area contributed by atoms with Gasteiger partial charge in [0.15, 0.2) is 0 Å².